The molecule has 4 nitrogen and oxygen atoms in total. The van der Waals surface area contributed by atoms with Crippen LogP contribution in [0.1, 0.15) is 65.1 Å². The van der Waals surface area contributed by atoms with Crippen LogP contribution in [0.25, 0.3) is 0 Å². The van der Waals surface area contributed by atoms with Crippen LogP contribution in [0, 0.1) is 0 Å². The molecule has 0 saturated heterocycles. The zero-order valence-corrected chi connectivity index (χ0v) is 16.0. The van der Waals surface area contributed by atoms with Gasteiger partial charge >= 0.3 is 0 Å². The summed E-state index contributed by atoms with van der Waals surface area (Å²) in [5.74, 6) is -0.286. The van der Waals surface area contributed by atoms with Gasteiger partial charge in [-0.2, -0.15) is 0 Å². The van der Waals surface area contributed by atoms with Gasteiger partial charge in [-0.25, -0.2) is 0 Å². The normalized spacial score (nSPS) is 16.1. The van der Waals surface area contributed by atoms with E-state index in [1.54, 1.807) is 24.3 Å². The van der Waals surface area contributed by atoms with E-state index in [-0.39, 0.29) is 23.4 Å². The topological polar surface area (TPSA) is 58.2 Å². The molecule has 2 aromatic rings. The second kappa shape index (κ2) is 7.12. The maximum absolute atomic E-state index is 12.5. The summed E-state index contributed by atoms with van der Waals surface area (Å²) in [6, 6.07) is 12.5. The van der Waals surface area contributed by atoms with Crippen LogP contribution in [0.5, 0.6) is 0 Å². The Labute approximate surface area is 158 Å². The van der Waals surface area contributed by atoms with Gasteiger partial charge in [0.05, 0.1) is 6.04 Å². The number of benzene rings is 2. The van der Waals surface area contributed by atoms with Gasteiger partial charge in [0.25, 0.3) is 11.8 Å². The van der Waals surface area contributed by atoms with Crippen LogP contribution >= 0.6 is 11.6 Å². The molecule has 0 fully saturated rings. The quantitative estimate of drug-likeness (QED) is 0.846. The highest BCUT2D eigenvalue weighted by Gasteiger charge is 2.24. The first-order valence-corrected chi connectivity index (χ1v) is 9.12. The molecule has 0 spiro atoms. The first kappa shape index (κ1) is 18.5. The van der Waals surface area contributed by atoms with E-state index < -0.39 is 0 Å². The summed E-state index contributed by atoms with van der Waals surface area (Å²) >= 11 is 6.03. The Kier molecular flexibility index (Phi) is 5.05. The Morgan fingerprint density at radius 1 is 1.00 bits per heavy atom. The first-order chi connectivity index (χ1) is 12.2. The third-order valence-corrected chi connectivity index (χ3v) is 4.62. The molecule has 1 aliphatic rings. The lowest BCUT2D eigenvalue weighted by Crippen LogP contribution is -2.40. The summed E-state index contributed by atoms with van der Waals surface area (Å²) in [6.45, 7) is 5.79. The van der Waals surface area contributed by atoms with E-state index in [2.05, 4.69) is 10.6 Å². The van der Waals surface area contributed by atoms with Gasteiger partial charge in [-0.1, -0.05) is 17.7 Å². The van der Waals surface area contributed by atoms with Crippen molar-refractivity contribution < 1.29 is 9.59 Å². The second-order valence-corrected chi connectivity index (χ2v) is 8.13. The summed E-state index contributed by atoms with van der Waals surface area (Å²) < 4.78 is 0. The van der Waals surface area contributed by atoms with Gasteiger partial charge in [0.15, 0.2) is 0 Å². The van der Waals surface area contributed by atoms with E-state index >= 15 is 0 Å². The SMILES string of the molecule is CC(C)(C)NC(=O)c1ccc(C(=O)NC2CCc3cc(Cl)ccc32)cc1. The van der Waals surface area contributed by atoms with Crippen molar-refractivity contribution in [2.75, 3.05) is 0 Å². The average Bonchev–Trinajstić information content (AvgIpc) is 2.95. The van der Waals surface area contributed by atoms with Crippen molar-refractivity contribution in [1.29, 1.82) is 0 Å². The minimum Gasteiger partial charge on any atom is -0.347 e. The maximum atomic E-state index is 12.5. The number of aryl methyl sites for hydroxylation is 1. The fourth-order valence-electron chi connectivity index (χ4n) is 3.16. The monoisotopic (exact) mass is 370 g/mol. The molecule has 0 radical (unpaired) electrons. The second-order valence-electron chi connectivity index (χ2n) is 7.69. The number of nitrogens with one attached hydrogen (secondary N) is 2. The molecule has 0 saturated carbocycles. The van der Waals surface area contributed by atoms with E-state index in [1.807, 2.05) is 39.0 Å². The van der Waals surface area contributed by atoms with Gasteiger partial charge < -0.3 is 10.6 Å². The van der Waals surface area contributed by atoms with Crippen molar-refractivity contribution >= 4 is 23.4 Å². The zero-order valence-electron chi connectivity index (χ0n) is 15.2. The third kappa shape index (κ3) is 4.25. The largest absolute Gasteiger partial charge is 0.347 e. The standard InChI is InChI=1S/C21H23ClN2O2/c1-21(2,3)24-20(26)14-6-4-13(5-7-14)19(25)23-18-11-8-15-12-16(22)9-10-17(15)18/h4-7,9-10,12,18H,8,11H2,1-3H3,(H,23,25)(H,24,26). The molecule has 0 aliphatic heterocycles. The van der Waals surface area contributed by atoms with E-state index in [0.29, 0.717) is 11.1 Å². The third-order valence-electron chi connectivity index (χ3n) is 4.39. The van der Waals surface area contributed by atoms with Crippen molar-refractivity contribution in [3.63, 3.8) is 0 Å². The molecule has 2 aromatic carbocycles. The summed E-state index contributed by atoms with van der Waals surface area (Å²) in [5.41, 5.74) is 3.10. The van der Waals surface area contributed by atoms with Crippen molar-refractivity contribution in [1.82, 2.24) is 10.6 Å². The zero-order chi connectivity index (χ0) is 18.9. The molecular formula is C21H23ClN2O2. The molecule has 1 unspecified atom stereocenters. The van der Waals surface area contributed by atoms with Crippen molar-refractivity contribution in [3.8, 4) is 0 Å². The van der Waals surface area contributed by atoms with Gasteiger partial charge in [-0.15, -0.1) is 0 Å². The van der Waals surface area contributed by atoms with Crippen LogP contribution in [0.4, 0.5) is 0 Å². The van der Waals surface area contributed by atoms with Gasteiger partial charge in [-0.05, 0) is 81.1 Å². The number of halogens is 1. The predicted molar refractivity (Wildman–Crippen MR) is 104 cm³/mol. The first-order valence-electron chi connectivity index (χ1n) is 8.75. The molecular weight excluding hydrogens is 348 g/mol. The van der Waals surface area contributed by atoms with Crippen molar-refractivity contribution in [2.24, 2.45) is 0 Å². The number of hydrogen-bond acceptors (Lipinski definition) is 2. The molecule has 5 heteroatoms. The number of hydrogen-bond donors (Lipinski definition) is 2. The van der Waals surface area contributed by atoms with E-state index in [1.165, 1.54) is 5.56 Å². The lowest BCUT2D eigenvalue weighted by Gasteiger charge is -2.20. The van der Waals surface area contributed by atoms with Gasteiger partial charge in [-0.3, -0.25) is 9.59 Å². The van der Waals surface area contributed by atoms with Gasteiger partial charge in [0.2, 0.25) is 0 Å². The lowest BCUT2D eigenvalue weighted by molar-refractivity contribution is 0.0913. The van der Waals surface area contributed by atoms with Gasteiger partial charge in [0.1, 0.15) is 0 Å². The average molecular weight is 371 g/mol. The minimum atomic E-state index is -0.300. The van der Waals surface area contributed by atoms with Crippen LogP contribution in [0.15, 0.2) is 42.5 Å². The Hall–Kier alpha value is -2.33. The molecule has 1 aliphatic carbocycles. The molecule has 136 valence electrons. The van der Waals surface area contributed by atoms with E-state index in [4.69, 9.17) is 11.6 Å². The Balaban J connectivity index is 1.67. The molecule has 0 bridgehead atoms. The fraction of sp³-hybridized carbons (Fsp3) is 0.333. The maximum Gasteiger partial charge on any atom is 0.251 e. The van der Waals surface area contributed by atoms with E-state index in [9.17, 15) is 9.59 Å². The molecule has 2 amide bonds. The van der Waals surface area contributed by atoms with Gasteiger partial charge in [0, 0.05) is 21.7 Å². The summed E-state index contributed by atoms with van der Waals surface area (Å²) in [5, 5.41) is 6.71. The highest BCUT2D eigenvalue weighted by Crippen LogP contribution is 2.33. The highest BCUT2D eigenvalue weighted by molar-refractivity contribution is 6.30. The number of fused-ring (bicyclic) bond motifs is 1. The number of amides is 2. The number of carbonyl (C=O) groups is 2. The van der Waals surface area contributed by atoms with Crippen LogP contribution in [0.2, 0.25) is 5.02 Å². The fourth-order valence-corrected chi connectivity index (χ4v) is 3.36. The predicted octanol–water partition coefficient (Wildman–Crippen LogP) is 4.29. The Morgan fingerprint density at radius 2 is 1.62 bits per heavy atom. The van der Waals surface area contributed by atoms with Crippen molar-refractivity contribution in [2.45, 2.75) is 45.2 Å². The van der Waals surface area contributed by atoms with E-state index in [0.717, 1.165) is 23.4 Å². The molecule has 26 heavy (non-hydrogen) atoms. The lowest BCUT2D eigenvalue weighted by atomic mass is 10.1. The van der Waals surface area contributed by atoms with Crippen LogP contribution in [-0.4, -0.2) is 17.4 Å². The van der Waals surface area contributed by atoms with Crippen LogP contribution in [0.3, 0.4) is 0 Å². The summed E-state index contributed by atoms with van der Waals surface area (Å²) in [4.78, 5) is 24.7. The molecule has 0 heterocycles. The minimum absolute atomic E-state index is 0.00127. The molecule has 2 N–H and O–H groups in total. The summed E-state index contributed by atoms with van der Waals surface area (Å²) in [6.07, 6.45) is 1.78. The van der Waals surface area contributed by atoms with Crippen LogP contribution in [-0.2, 0) is 6.42 Å². The highest BCUT2D eigenvalue weighted by atomic mass is 35.5. The molecule has 1 atom stereocenters. The number of rotatable bonds is 3. The number of carbonyl (C=O) groups excluding carboxylic acids is 2. The summed E-state index contributed by atoms with van der Waals surface area (Å²) in [7, 11) is 0. The van der Waals surface area contributed by atoms with Crippen LogP contribution < -0.4 is 10.6 Å². The molecule has 3 rings (SSSR count). The Morgan fingerprint density at radius 3 is 2.23 bits per heavy atom. The van der Waals surface area contributed by atoms with Crippen molar-refractivity contribution in [3.05, 3.63) is 69.7 Å². The Bertz CT molecular complexity index is 838. The smallest absolute Gasteiger partial charge is 0.251 e. The molecule has 0 aromatic heterocycles.